The molecule has 7 nitrogen and oxygen atoms in total. The van der Waals surface area contributed by atoms with Crippen LogP contribution in [0.5, 0.6) is 6.01 Å². The van der Waals surface area contributed by atoms with E-state index in [0.717, 1.165) is 0 Å². The summed E-state index contributed by atoms with van der Waals surface area (Å²) < 4.78 is 26.4. The number of benzene rings is 1. The lowest BCUT2D eigenvalue weighted by molar-refractivity contribution is 0.100. The zero-order chi connectivity index (χ0) is 15.5. The van der Waals surface area contributed by atoms with Crippen LogP contribution in [0.25, 0.3) is 5.78 Å². The van der Waals surface area contributed by atoms with Crippen molar-refractivity contribution in [2.75, 3.05) is 6.61 Å². The normalized spacial score (nSPS) is 10.8. The summed E-state index contributed by atoms with van der Waals surface area (Å²) in [5.74, 6) is 0.0955. The van der Waals surface area contributed by atoms with E-state index in [4.69, 9.17) is 9.47 Å². The average molecular weight is 304 g/mol. The maximum atomic E-state index is 13.7. The van der Waals surface area contributed by atoms with Crippen LogP contribution in [0.3, 0.4) is 0 Å². The standard InChI is InChI=1S/C14H13FN4O3/c1-2-21-14(20)22-13-17-19(12-16-7-8-18(12)13)9-10-5-3-4-6-11(10)15/h3-8H,2,9H2,1H3. The van der Waals surface area contributed by atoms with Gasteiger partial charge in [-0.2, -0.15) is 0 Å². The first kappa shape index (κ1) is 14.1. The van der Waals surface area contributed by atoms with Crippen LogP contribution in [0.4, 0.5) is 9.18 Å². The Morgan fingerprint density at radius 3 is 2.95 bits per heavy atom. The minimum atomic E-state index is -0.853. The molecule has 0 unspecified atom stereocenters. The highest BCUT2D eigenvalue weighted by Crippen LogP contribution is 2.16. The predicted octanol–water partition coefficient (Wildman–Crippen LogP) is 2.25. The van der Waals surface area contributed by atoms with Gasteiger partial charge in [-0.15, -0.1) is 5.10 Å². The molecular formula is C14H13FN4O3. The number of ether oxygens (including phenoxy) is 2. The van der Waals surface area contributed by atoms with Crippen LogP contribution in [0.2, 0.25) is 0 Å². The lowest BCUT2D eigenvalue weighted by Crippen LogP contribution is -2.12. The third-order valence-corrected chi connectivity index (χ3v) is 2.98. The van der Waals surface area contributed by atoms with E-state index in [-0.39, 0.29) is 25.0 Å². The minimum Gasteiger partial charge on any atom is -0.434 e. The van der Waals surface area contributed by atoms with E-state index < -0.39 is 6.16 Å². The van der Waals surface area contributed by atoms with Crippen molar-refractivity contribution >= 4 is 11.9 Å². The number of aromatic nitrogens is 4. The lowest BCUT2D eigenvalue weighted by atomic mass is 10.2. The molecule has 22 heavy (non-hydrogen) atoms. The van der Waals surface area contributed by atoms with Gasteiger partial charge in [0.15, 0.2) is 0 Å². The van der Waals surface area contributed by atoms with Crippen LogP contribution in [-0.2, 0) is 11.3 Å². The van der Waals surface area contributed by atoms with Gasteiger partial charge in [0.05, 0.1) is 13.2 Å². The molecule has 0 aliphatic heterocycles. The Hall–Kier alpha value is -2.90. The van der Waals surface area contributed by atoms with Gasteiger partial charge in [0.2, 0.25) is 5.78 Å². The molecular weight excluding hydrogens is 291 g/mol. The predicted molar refractivity (Wildman–Crippen MR) is 74.1 cm³/mol. The highest BCUT2D eigenvalue weighted by atomic mass is 19.1. The second kappa shape index (κ2) is 5.84. The second-order valence-corrected chi connectivity index (χ2v) is 4.41. The second-order valence-electron chi connectivity index (χ2n) is 4.41. The van der Waals surface area contributed by atoms with Gasteiger partial charge in [-0.05, 0) is 13.0 Å². The fraction of sp³-hybridized carbons (Fsp3) is 0.214. The van der Waals surface area contributed by atoms with E-state index in [1.54, 1.807) is 31.3 Å². The van der Waals surface area contributed by atoms with E-state index in [1.807, 2.05) is 0 Å². The number of nitrogens with zero attached hydrogens (tertiary/aromatic N) is 4. The Morgan fingerprint density at radius 1 is 1.36 bits per heavy atom. The van der Waals surface area contributed by atoms with Crippen molar-refractivity contribution < 1.29 is 18.7 Å². The van der Waals surface area contributed by atoms with Gasteiger partial charge in [-0.1, -0.05) is 18.2 Å². The number of carbonyl (C=O) groups excluding carboxylic acids is 1. The molecule has 1 aromatic carbocycles. The highest BCUT2D eigenvalue weighted by molar-refractivity contribution is 5.62. The molecule has 0 aliphatic rings. The largest absolute Gasteiger partial charge is 0.516 e. The van der Waals surface area contributed by atoms with Gasteiger partial charge >= 0.3 is 12.2 Å². The molecule has 0 amide bonds. The van der Waals surface area contributed by atoms with Crippen LogP contribution in [0.1, 0.15) is 12.5 Å². The molecule has 0 radical (unpaired) electrons. The number of halogens is 1. The summed E-state index contributed by atoms with van der Waals surface area (Å²) >= 11 is 0. The van der Waals surface area contributed by atoms with Gasteiger partial charge in [0.25, 0.3) is 0 Å². The van der Waals surface area contributed by atoms with Gasteiger partial charge in [-0.3, -0.25) is 0 Å². The smallest absolute Gasteiger partial charge is 0.434 e. The van der Waals surface area contributed by atoms with Crippen molar-refractivity contribution in [1.82, 2.24) is 19.2 Å². The van der Waals surface area contributed by atoms with Gasteiger partial charge in [-0.25, -0.2) is 23.3 Å². The summed E-state index contributed by atoms with van der Waals surface area (Å²) in [7, 11) is 0. The maximum absolute atomic E-state index is 13.7. The molecule has 0 spiro atoms. The van der Waals surface area contributed by atoms with Crippen molar-refractivity contribution in [2.45, 2.75) is 13.5 Å². The number of fused-ring (bicyclic) bond motifs is 1. The molecule has 0 N–H and O–H groups in total. The molecule has 0 saturated carbocycles. The number of rotatable bonds is 4. The van der Waals surface area contributed by atoms with Crippen molar-refractivity contribution in [1.29, 1.82) is 0 Å². The molecule has 3 rings (SSSR count). The van der Waals surface area contributed by atoms with Crippen LogP contribution >= 0.6 is 0 Å². The van der Waals surface area contributed by atoms with Crippen LogP contribution in [0, 0.1) is 5.82 Å². The number of hydrogen-bond acceptors (Lipinski definition) is 5. The SMILES string of the molecule is CCOC(=O)Oc1nn(Cc2ccccc2F)c2nccn12. The molecule has 8 heteroatoms. The highest BCUT2D eigenvalue weighted by Gasteiger charge is 2.17. The third kappa shape index (κ3) is 2.62. The lowest BCUT2D eigenvalue weighted by Gasteiger charge is -2.02. The topological polar surface area (TPSA) is 70.7 Å². The van der Waals surface area contributed by atoms with E-state index in [0.29, 0.717) is 11.3 Å². The summed E-state index contributed by atoms with van der Waals surface area (Å²) in [6.45, 7) is 2.03. The number of hydrogen-bond donors (Lipinski definition) is 0. The molecule has 0 bridgehead atoms. The summed E-state index contributed by atoms with van der Waals surface area (Å²) in [4.78, 5) is 15.5. The zero-order valence-corrected chi connectivity index (χ0v) is 11.8. The summed E-state index contributed by atoms with van der Waals surface area (Å²) in [6.07, 6.45) is 2.27. The Bertz CT molecular complexity index is 811. The molecule has 0 fully saturated rings. The molecule has 2 heterocycles. The monoisotopic (exact) mass is 304 g/mol. The molecule has 0 atom stereocenters. The molecule has 0 saturated heterocycles. The van der Waals surface area contributed by atoms with E-state index >= 15 is 0 Å². The molecule has 3 aromatic rings. The number of imidazole rings is 1. The van der Waals surface area contributed by atoms with Gasteiger partial charge < -0.3 is 9.47 Å². The van der Waals surface area contributed by atoms with Gasteiger partial charge in [0.1, 0.15) is 5.82 Å². The fourth-order valence-corrected chi connectivity index (χ4v) is 2.02. The Morgan fingerprint density at radius 2 is 2.18 bits per heavy atom. The van der Waals surface area contributed by atoms with Crippen LogP contribution in [0.15, 0.2) is 36.7 Å². The quantitative estimate of drug-likeness (QED) is 0.691. The van der Waals surface area contributed by atoms with Crippen LogP contribution in [-0.4, -0.2) is 31.9 Å². The van der Waals surface area contributed by atoms with E-state index in [9.17, 15) is 9.18 Å². The average Bonchev–Trinajstić information content (AvgIpc) is 3.07. The minimum absolute atomic E-state index is 0.0160. The first-order valence-electron chi connectivity index (χ1n) is 6.67. The van der Waals surface area contributed by atoms with Crippen LogP contribution < -0.4 is 4.74 Å². The Balaban J connectivity index is 1.92. The maximum Gasteiger partial charge on any atom is 0.516 e. The Labute approximate surface area is 124 Å². The summed E-state index contributed by atoms with van der Waals surface area (Å²) in [5.41, 5.74) is 0.457. The van der Waals surface area contributed by atoms with E-state index in [1.165, 1.54) is 21.3 Å². The molecule has 114 valence electrons. The van der Waals surface area contributed by atoms with Crippen molar-refractivity contribution in [3.05, 3.63) is 48.0 Å². The number of carbonyl (C=O) groups is 1. The Kier molecular flexibility index (Phi) is 3.73. The van der Waals surface area contributed by atoms with E-state index in [2.05, 4.69) is 10.1 Å². The summed E-state index contributed by atoms with van der Waals surface area (Å²) in [6, 6.07) is 6.39. The van der Waals surface area contributed by atoms with Crippen molar-refractivity contribution in [3.8, 4) is 6.01 Å². The van der Waals surface area contributed by atoms with Crippen molar-refractivity contribution in [2.24, 2.45) is 0 Å². The van der Waals surface area contributed by atoms with Crippen molar-refractivity contribution in [3.63, 3.8) is 0 Å². The summed E-state index contributed by atoms with van der Waals surface area (Å²) in [5, 5.41) is 4.14. The fourth-order valence-electron chi connectivity index (χ4n) is 2.02. The molecule has 2 aromatic heterocycles. The first-order valence-corrected chi connectivity index (χ1v) is 6.67. The third-order valence-electron chi connectivity index (χ3n) is 2.98. The zero-order valence-electron chi connectivity index (χ0n) is 11.8. The molecule has 0 aliphatic carbocycles. The first-order chi connectivity index (χ1) is 10.7. The van der Waals surface area contributed by atoms with Gasteiger partial charge in [0, 0.05) is 18.0 Å².